The standard InChI is InChI=1S/C7H6ClN3O/c1-12-5-4-11-6(2-3-9-11)10-7(5)8/h2-4H,1H3. The van der Waals surface area contributed by atoms with Crippen molar-refractivity contribution in [3.05, 3.63) is 23.6 Å². The molecule has 2 heterocycles. The summed E-state index contributed by atoms with van der Waals surface area (Å²) in [6, 6.07) is 1.77. The maximum absolute atomic E-state index is 5.78. The second-order valence-corrected chi connectivity index (χ2v) is 2.59. The lowest BCUT2D eigenvalue weighted by Crippen LogP contribution is -1.94. The Bertz CT molecular complexity index is 412. The van der Waals surface area contributed by atoms with Crippen LogP contribution in [-0.2, 0) is 0 Å². The van der Waals surface area contributed by atoms with Gasteiger partial charge in [0.15, 0.2) is 16.5 Å². The van der Waals surface area contributed by atoms with Crippen LogP contribution >= 0.6 is 11.6 Å². The maximum Gasteiger partial charge on any atom is 0.175 e. The highest BCUT2D eigenvalue weighted by Gasteiger charge is 2.03. The summed E-state index contributed by atoms with van der Waals surface area (Å²) >= 11 is 5.78. The molecule has 2 aromatic heterocycles. The van der Waals surface area contributed by atoms with E-state index in [1.54, 1.807) is 23.0 Å². The van der Waals surface area contributed by atoms with E-state index >= 15 is 0 Å². The number of ether oxygens (including phenoxy) is 1. The van der Waals surface area contributed by atoms with Gasteiger partial charge >= 0.3 is 0 Å². The summed E-state index contributed by atoms with van der Waals surface area (Å²) in [5, 5.41) is 4.34. The third kappa shape index (κ3) is 1.00. The lowest BCUT2D eigenvalue weighted by molar-refractivity contribution is 0.410. The Labute approximate surface area is 73.7 Å². The SMILES string of the molecule is COc1cn2nccc2nc1Cl. The molecule has 0 unspecified atom stereocenters. The number of rotatable bonds is 1. The molecule has 0 aromatic carbocycles. The molecule has 0 saturated heterocycles. The van der Waals surface area contributed by atoms with Crippen LogP contribution in [0.15, 0.2) is 18.5 Å². The van der Waals surface area contributed by atoms with Crippen LogP contribution in [0.5, 0.6) is 5.75 Å². The van der Waals surface area contributed by atoms with Crippen LogP contribution in [-0.4, -0.2) is 21.7 Å². The molecule has 0 aliphatic rings. The summed E-state index contributed by atoms with van der Waals surface area (Å²) in [5.41, 5.74) is 0.709. The molecule has 0 bridgehead atoms. The van der Waals surface area contributed by atoms with E-state index in [9.17, 15) is 0 Å². The molecule has 5 heteroatoms. The zero-order valence-electron chi connectivity index (χ0n) is 6.36. The molecule has 2 rings (SSSR count). The molecule has 12 heavy (non-hydrogen) atoms. The minimum atomic E-state index is 0.352. The van der Waals surface area contributed by atoms with Gasteiger partial charge in [0.05, 0.1) is 19.5 Å². The monoisotopic (exact) mass is 183 g/mol. The Morgan fingerprint density at radius 2 is 2.42 bits per heavy atom. The summed E-state index contributed by atoms with van der Waals surface area (Å²) in [5.74, 6) is 0.521. The van der Waals surface area contributed by atoms with Crippen molar-refractivity contribution in [1.29, 1.82) is 0 Å². The van der Waals surface area contributed by atoms with Gasteiger partial charge in [0, 0.05) is 6.07 Å². The highest BCUT2D eigenvalue weighted by Crippen LogP contribution is 2.21. The zero-order valence-corrected chi connectivity index (χ0v) is 7.12. The minimum absolute atomic E-state index is 0.352. The predicted octanol–water partition coefficient (Wildman–Crippen LogP) is 1.39. The normalized spacial score (nSPS) is 10.5. The summed E-state index contributed by atoms with van der Waals surface area (Å²) in [6.07, 6.45) is 3.34. The van der Waals surface area contributed by atoms with E-state index in [1.165, 1.54) is 7.11 Å². The molecule has 4 nitrogen and oxygen atoms in total. The molecule has 0 N–H and O–H groups in total. The first-order chi connectivity index (χ1) is 5.81. The van der Waals surface area contributed by atoms with Gasteiger partial charge in [-0.25, -0.2) is 9.50 Å². The molecular weight excluding hydrogens is 178 g/mol. The summed E-state index contributed by atoms with van der Waals surface area (Å²) in [4.78, 5) is 4.05. The van der Waals surface area contributed by atoms with Crippen LogP contribution in [0.25, 0.3) is 5.65 Å². The number of methoxy groups -OCH3 is 1. The van der Waals surface area contributed by atoms with Gasteiger partial charge in [0.25, 0.3) is 0 Å². The molecule has 0 aliphatic carbocycles. The molecule has 2 aromatic rings. The summed E-state index contributed by atoms with van der Waals surface area (Å²) in [7, 11) is 1.54. The number of hydrogen-bond donors (Lipinski definition) is 0. The van der Waals surface area contributed by atoms with Gasteiger partial charge in [0.1, 0.15) is 0 Å². The summed E-state index contributed by atoms with van der Waals surface area (Å²) in [6.45, 7) is 0. The first-order valence-electron chi connectivity index (χ1n) is 3.35. The minimum Gasteiger partial charge on any atom is -0.492 e. The van der Waals surface area contributed by atoms with Crippen LogP contribution in [0.4, 0.5) is 0 Å². The largest absolute Gasteiger partial charge is 0.492 e. The molecule has 0 atom stereocenters. The van der Waals surface area contributed by atoms with E-state index in [4.69, 9.17) is 16.3 Å². The molecular formula is C7H6ClN3O. The quantitative estimate of drug-likeness (QED) is 0.628. The number of halogens is 1. The van der Waals surface area contributed by atoms with Gasteiger partial charge in [0.2, 0.25) is 0 Å². The molecule has 0 radical (unpaired) electrons. The fourth-order valence-corrected chi connectivity index (χ4v) is 1.16. The molecule has 0 aliphatic heterocycles. The van der Waals surface area contributed by atoms with Crippen molar-refractivity contribution in [2.24, 2.45) is 0 Å². The van der Waals surface area contributed by atoms with Crippen molar-refractivity contribution in [2.45, 2.75) is 0 Å². The molecule has 0 fully saturated rings. The average molecular weight is 184 g/mol. The third-order valence-corrected chi connectivity index (χ3v) is 1.80. The smallest absolute Gasteiger partial charge is 0.175 e. The molecule has 62 valence electrons. The lowest BCUT2D eigenvalue weighted by atomic mass is 10.6. The Kier molecular flexibility index (Phi) is 1.62. The van der Waals surface area contributed by atoms with Crippen LogP contribution in [0, 0.1) is 0 Å². The second kappa shape index (κ2) is 2.64. The van der Waals surface area contributed by atoms with Crippen molar-refractivity contribution in [3.8, 4) is 5.75 Å². The number of fused-ring (bicyclic) bond motifs is 1. The van der Waals surface area contributed by atoms with E-state index in [0.29, 0.717) is 16.5 Å². The van der Waals surface area contributed by atoms with E-state index in [0.717, 1.165) is 0 Å². The van der Waals surface area contributed by atoms with Crippen LogP contribution in [0.1, 0.15) is 0 Å². The van der Waals surface area contributed by atoms with Gasteiger partial charge in [-0.05, 0) is 0 Å². The second-order valence-electron chi connectivity index (χ2n) is 2.23. The molecule has 0 spiro atoms. The topological polar surface area (TPSA) is 39.4 Å². The Hall–Kier alpha value is -1.29. The third-order valence-electron chi connectivity index (χ3n) is 1.52. The van der Waals surface area contributed by atoms with Gasteiger partial charge in [-0.15, -0.1) is 0 Å². The van der Waals surface area contributed by atoms with E-state index < -0.39 is 0 Å². The van der Waals surface area contributed by atoms with Gasteiger partial charge in [-0.1, -0.05) is 11.6 Å². The predicted molar refractivity (Wildman–Crippen MR) is 44.5 cm³/mol. The first kappa shape index (κ1) is 7.36. The maximum atomic E-state index is 5.78. The summed E-state index contributed by atoms with van der Waals surface area (Å²) < 4.78 is 6.57. The highest BCUT2D eigenvalue weighted by atomic mass is 35.5. The Morgan fingerprint density at radius 1 is 1.58 bits per heavy atom. The van der Waals surface area contributed by atoms with Crippen molar-refractivity contribution < 1.29 is 4.74 Å². The first-order valence-corrected chi connectivity index (χ1v) is 3.73. The van der Waals surface area contributed by atoms with E-state index in [1.807, 2.05) is 0 Å². The fourth-order valence-electron chi connectivity index (χ4n) is 0.952. The van der Waals surface area contributed by atoms with E-state index in [2.05, 4.69) is 10.1 Å². The van der Waals surface area contributed by atoms with Crippen LogP contribution in [0.3, 0.4) is 0 Å². The van der Waals surface area contributed by atoms with Crippen molar-refractivity contribution in [1.82, 2.24) is 14.6 Å². The van der Waals surface area contributed by atoms with Crippen LogP contribution < -0.4 is 4.74 Å². The van der Waals surface area contributed by atoms with Crippen molar-refractivity contribution in [2.75, 3.05) is 7.11 Å². The molecule has 0 saturated carbocycles. The van der Waals surface area contributed by atoms with Gasteiger partial charge in [-0.2, -0.15) is 5.10 Å². The van der Waals surface area contributed by atoms with Crippen molar-refractivity contribution in [3.63, 3.8) is 0 Å². The zero-order chi connectivity index (χ0) is 8.55. The lowest BCUT2D eigenvalue weighted by Gasteiger charge is -2.01. The van der Waals surface area contributed by atoms with Gasteiger partial charge < -0.3 is 4.74 Å². The number of aromatic nitrogens is 3. The van der Waals surface area contributed by atoms with Gasteiger partial charge in [-0.3, -0.25) is 0 Å². The number of nitrogens with zero attached hydrogens (tertiary/aromatic N) is 3. The number of hydrogen-bond acceptors (Lipinski definition) is 3. The van der Waals surface area contributed by atoms with Crippen molar-refractivity contribution >= 4 is 17.2 Å². The fraction of sp³-hybridized carbons (Fsp3) is 0.143. The van der Waals surface area contributed by atoms with E-state index in [-0.39, 0.29) is 0 Å². The highest BCUT2D eigenvalue weighted by molar-refractivity contribution is 6.30. The van der Waals surface area contributed by atoms with Crippen LogP contribution in [0.2, 0.25) is 5.15 Å². The Balaban J connectivity index is 2.73. The molecule has 0 amide bonds. The Morgan fingerprint density at radius 3 is 3.17 bits per heavy atom. The average Bonchev–Trinajstić information content (AvgIpc) is 2.49.